The number of nitrogens with zero attached hydrogens (tertiary/aromatic N) is 1. The fourth-order valence-electron chi connectivity index (χ4n) is 1.26. The molecule has 64 valence electrons. The van der Waals surface area contributed by atoms with E-state index >= 15 is 0 Å². The zero-order valence-electron chi connectivity index (χ0n) is 6.66. The highest BCUT2D eigenvalue weighted by atomic mass is 16.3. The van der Waals surface area contributed by atoms with E-state index in [0.717, 1.165) is 0 Å². The van der Waals surface area contributed by atoms with Gasteiger partial charge in [0, 0.05) is 13.1 Å². The Morgan fingerprint density at radius 3 is 2.91 bits per heavy atom. The van der Waals surface area contributed by atoms with Crippen molar-refractivity contribution in [2.75, 3.05) is 13.1 Å². The van der Waals surface area contributed by atoms with E-state index in [0.29, 0.717) is 19.5 Å². The maximum atomic E-state index is 11.1. The van der Waals surface area contributed by atoms with Gasteiger partial charge in [0.05, 0.1) is 12.1 Å². The summed E-state index contributed by atoms with van der Waals surface area (Å²) in [5.74, 6) is -0.0362. The molecule has 3 N–H and O–H groups in total. The lowest BCUT2D eigenvalue weighted by Crippen LogP contribution is -2.37. The molecule has 1 amide bonds. The number of aliphatic hydroxyl groups excluding tert-OH is 1. The molecule has 0 radical (unpaired) electrons. The highest BCUT2D eigenvalue weighted by Crippen LogP contribution is 2.08. The first kappa shape index (κ1) is 8.49. The number of rotatable bonds is 2. The third-order valence-electron chi connectivity index (χ3n) is 1.82. The Morgan fingerprint density at radius 2 is 2.55 bits per heavy atom. The van der Waals surface area contributed by atoms with E-state index in [4.69, 9.17) is 10.8 Å². The molecule has 4 nitrogen and oxygen atoms in total. The van der Waals surface area contributed by atoms with Gasteiger partial charge in [0.2, 0.25) is 5.91 Å². The molecule has 0 spiro atoms. The number of likely N-dealkylation sites (tertiary alicyclic amines) is 1. The molecule has 1 saturated heterocycles. The minimum Gasteiger partial charge on any atom is -0.392 e. The molecule has 1 aliphatic rings. The van der Waals surface area contributed by atoms with Crippen LogP contribution in [0.4, 0.5) is 0 Å². The SMILES string of the molecule is CC(O)CN1CCC(N)C1=O. The number of β-amino-alcohol motifs (C(OH)–C–C–N with tert-alkyl or cyclic N) is 1. The van der Waals surface area contributed by atoms with Gasteiger partial charge in [-0.2, -0.15) is 0 Å². The molecule has 0 aromatic heterocycles. The zero-order chi connectivity index (χ0) is 8.43. The molecule has 0 aliphatic carbocycles. The van der Waals surface area contributed by atoms with Crippen LogP contribution in [0.3, 0.4) is 0 Å². The van der Waals surface area contributed by atoms with Crippen LogP contribution in [-0.4, -0.2) is 41.1 Å². The lowest BCUT2D eigenvalue weighted by Gasteiger charge is -2.17. The van der Waals surface area contributed by atoms with E-state index < -0.39 is 6.10 Å². The predicted octanol–water partition coefficient (Wildman–Crippen LogP) is -1.07. The average Bonchev–Trinajstić information content (AvgIpc) is 2.18. The van der Waals surface area contributed by atoms with Crippen LogP contribution in [0.1, 0.15) is 13.3 Å². The minimum atomic E-state index is -0.454. The van der Waals surface area contributed by atoms with Gasteiger partial charge in [-0.25, -0.2) is 0 Å². The molecule has 1 heterocycles. The smallest absolute Gasteiger partial charge is 0.239 e. The summed E-state index contributed by atoms with van der Waals surface area (Å²) in [6.07, 6.45) is 0.259. The van der Waals surface area contributed by atoms with E-state index in [2.05, 4.69) is 0 Å². The molecule has 0 aromatic rings. The van der Waals surface area contributed by atoms with E-state index in [1.165, 1.54) is 0 Å². The van der Waals surface area contributed by atoms with Crippen molar-refractivity contribution >= 4 is 5.91 Å². The van der Waals surface area contributed by atoms with Crippen LogP contribution in [-0.2, 0) is 4.79 Å². The third-order valence-corrected chi connectivity index (χ3v) is 1.82. The van der Waals surface area contributed by atoms with Crippen molar-refractivity contribution in [3.05, 3.63) is 0 Å². The van der Waals surface area contributed by atoms with Crippen molar-refractivity contribution in [2.24, 2.45) is 5.73 Å². The molecule has 0 bridgehead atoms. The van der Waals surface area contributed by atoms with Gasteiger partial charge < -0.3 is 15.7 Å². The molecule has 1 rings (SSSR count). The molecule has 4 heteroatoms. The summed E-state index contributed by atoms with van der Waals surface area (Å²) in [4.78, 5) is 12.7. The van der Waals surface area contributed by atoms with Crippen LogP contribution in [0.25, 0.3) is 0 Å². The summed E-state index contributed by atoms with van der Waals surface area (Å²) in [6.45, 7) is 2.76. The summed E-state index contributed by atoms with van der Waals surface area (Å²) >= 11 is 0. The fraction of sp³-hybridized carbons (Fsp3) is 0.857. The topological polar surface area (TPSA) is 66.6 Å². The van der Waals surface area contributed by atoms with Crippen molar-refractivity contribution in [3.63, 3.8) is 0 Å². The van der Waals surface area contributed by atoms with E-state index in [-0.39, 0.29) is 11.9 Å². The summed E-state index contributed by atoms with van der Waals surface area (Å²) in [5, 5.41) is 8.98. The number of aliphatic hydroxyl groups is 1. The molecule has 0 saturated carbocycles. The Labute approximate surface area is 66.0 Å². The van der Waals surface area contributed by atoms with E-state index in [1.807, 2.05) is 0 Å². The fourth-order valence-corrected chi connectivity index (χ4v) is 1.26. The van der Waals surface area contributed by atoms with E-state index in [1.54, 1.807) is 11.8 Å². The molecule has 2 atom stereocenters. The number of hydrogen-bond donors (Lipinski definition) is 2. The maximum absolute atomic E-state index is 11.1. The predicted molar refractivity (Wildman–Crippen MR) is 40.9 cm³/mol. The monoisotopic (exact) mass is 158 g/mol. The standard InChI is InChI=1S/C7H14N2O2/c1-5(10)4-9-3-2-6(8)7(9)11/h5-6,10H,2-4,8H2,1H3. The van der Waals surface area contributed by atoms with Crippen molar-refractivity contribution in [2.45, 2.75) is 25.5 Å². The minimum absolute atomic E-state index is 0.0362. The van der Waals surface area contributed by atoms with Gasteiger partial charge in [-0.15, -0.1) is 0 Å². The first-order chi connectivity index (χ1) is 5.11. The molecular weight excluding hydrogens is 144 g/mol. The molecule has 11 heavy (non-hydrogen) atoms. The molecule has 0 aromatic carbocycles. The van der Waals surface area contributed by atoms with Crippen molar-refractivity contribution in [3.8, 4) is 0 Å². The van der Waals surface area contributed by atoms with Crippen LogP contribution < -0.4 is 5.73 Å². The second-order valence-electron chi connectivity index (χ2n) is 3.03. The van der Waals surface area contributed by atoms with Crippen LogP contribution in [0, 0.1) is 0 Å². The summed E-state index contributed by atoms with van der Waals surface area (Å²) in [6, 6.07) is -0.339. The maximum Gasteiger partial charge on any atom is 0.239 e. The lowest BCUT2D eigenvalue weighted by atomic mass is 10.3. The lowest BCUT2D eigenvalue weighted by molar-refractivity contribution is -0.129. The van der Waals surface area contributed by atoms with Crippen LogP contribution in [0.2, 0.25) is 0 Å². The molecular formula is C7H14N2O2. The number of carbonyl (C=O) groups excluding carboxylic acids is 1. The number of carbonyl (C=O) groups is 1. The number of amides is 1. The summed E-state index contributed by atoms with van der Waals surface area (Å²) < 4.78 is 0. The highest BCUT2D eigenvalue weighted by molar-refractivity contribution is 5.83. The van der Waals surface area contributed by atoms with Gasteiger partial charge in [-0.1, -0.05) is 0 Å². The van der Waals surface area contributed by atoms with Crippen molar-refractivity contribution < 1.29 is 9.90 Å². The van der Waals surface area contributed by atoms with Gasteiger partial charge in [-0.3, -0.25) is 4.79 Å². The van der Waals surface area contributed by atoms with E-state index in [9.17, 15) is 4.79 Å². The molecule has 1 fully saturated rings. The Kier molecular flexibility index (Phi) is 2.46. The Hall–Kier alpha value is -0.610. The zero-order valence-corrected chi connectivity index (χ0v) is 6.66. The Bertz CT molecular complexity index is 159. The highest BCUT2D eigenvalue weighted by Gasteiger charge is 2.28. The van der Waals surface area contributed by atoms with Crippen molar-refractivity contribution in [1.29, 1.82) is 0 Å². The van der Waals surface area contributed by atoms with Crippen LogP contribution in [0.5, 0.6) is 0 Å². The van der Waals surface area contributed by atoms with Gasteiger partial charge >= 0.3 is 0 Å². The second kappa shape index (κ2) is 3.19. The van der Waals surface area contributed by atoms with Crippen molar-refractivity contribution in [1.82, 2.24) is 4.90 Å². The Morgan fingerprint density at radius 1 is 1.91 bits per heavy atom. The Balaban J connectivity index is 2.42. The average molecular weight is 158 g/mol. The third kappa shape index (κ3) is 1.91. The van der Waals surface area contributed by atoms with Gasteiger partial charge in [0.25, 0.3) is 0 Å². The van der Waals surface area contributed by atoms with Crippen LogP contribution in [0.15, 0.2) is 0 Å². The molecule has 1 aliphatic heterocycles. The first-order valence-corrected chi connectivity index (χ1v) is 3.83. The number of hydrogen-bond acceptors (Lipinski definition) is 3. The van der Waals surface area contributed by atoms with Gasteiger partial charge in [-0.05, 0) is 13.3 Å². The van der Waals surface area contributed by atoms with Crippen LogP contribution >= 0.6 is 0 Å². The quantitative estimate of drug-likeness (QED) is 0.537. The summed E-state index contributed by atoms with van der Waals surface area (Å²) in [7, 11) is 0. The van der Waals surface area contributed by atoms with Gasteiger partial charge in [0.1, 0.15) is 0 Å². The molecule has 2 unspecified atom stereocenters. The first-order valence-electron chi connectivity index (χ1n) is 3.83. The largest absolute Gasteiger partial charge is 0.392 e. The van der Waals surface area contributed by atoms with Gasteiger partial charge in [0.15, 0.2) is 0 Å². The summed E-state index contributed by atoms with van der Waals surface area (Å²) in [5.41, 5.74) is 5.47. The number of nitrogens with two attached hydrogens (primary N) is 1. The second-order valence-corrected chi connectivity index (χ2v) is 3.03. The normalized spacial score (nSPS) is 27.7.